The molecule has 1 aromatic heterocycles. The highest BCUT2D eigenvalue weighted by molar-refractivity contribution is 5.79. The number of rotatable bonds is 4. The summed E-state index contributed by atoms with van der Waals surface area (Å²) in [5.74, 6) is 2.12. The van der Waals surface area contributed by atoms with Gasteiger partial charge in [0.25, 0.3) is 0 Å². The van der Waals surface area contributed by atoms with Gasteiger partial charge in [-0.15, -0.1) is 0 Å². The van der Waals surface area contributed by atoms with Crippen molar-refractivity contribution in [3.63, 3.8) is 0 Å². The molecular weight excluding hydrogens is 292 g/mol. The third kappa shape index (κ3) is 3.92. The smallest absolute Gasteiger partial charge is 0.225 e. The molecule has 2 fully saturated rings. The van der Waals surface area contributed by atoms with E-state index in [0.717, 1.165) is 44.8 Å². The number of carbonyl (C=O) groups is 1. The van der Waals surface area contributed by atoms with Gasteiger partial charge < -0.3 is 14.5 Å². The van der Waals surface area contributed by atoms with Gasteiger partial charge in [0, 0.05) is 38.2 Å². The maximum Gasteiger partial charge on any atom is 0.225 e. The first-order chi connectivity index (χ1) is 11.3. The average Bonchev–Trinajstić information content (AvgIpc) is 2.62. The van der Waals surface area contributed by atoms with E-state index < -0.39 is 0 Å². The number of hydrogen-bond donors (Lipinski definition) is 0. The molecule has 1 aromatic rings. The Bertz CT molecular complexity index is 523. The van der Waals surface area contributed by atoms with Crippen molar-refractivity contribution < 1.29 is 9.53 Å². The van der Waals surface area contributed by atoms with Gasteiger partial charge in [0.1, 0.15) is 12.1 Å². The molecule has 2 heterocycles. The summed E-state index contributed by atoms with van der Waals surface area (Å²) in [5, 5.41) is 0. The second kappa shape index (κ2) is 7.62. The number of hydrogen-bond acceptors (Lipinski definition) is 5. The van der Waals surface area contributed by atoms with Crippen LogP contribution in [0.1, 0.15) is 39.0 Å². The number of anilines is 1. The first kappa shape index (κ1) is 16.0. The van der Waals surface area contributed by atoms with Crippen molar-refractivity contribution in [1.82, 2.24) is 14.9 Å². The van der Waals surface area contributed by atoms with Gasteiger partial charge in [-0.2, -0.15) is 0 Å². The lowest BCUT2D eigenvalue weighted by Gasteiger charge is -2.37. The summed E-state index contributed by atoms with van der Waals surface area (Å²) in [7, 11) is 0. The summed E-state index contributed by atoms with van der Waals surface area (Å²) in [5.41, 5.74) is 0. The minimum atomic E-state index is 0.263. The van der Waals surface area contributed by atoms with Gasteiger partial charge in [0.15, 0.2) is 0 Å². The highest BCUT2D eigenvalue weighted by Gasteiger charge is 2.28. The molecule has 0 unspecified atom stereocenters. The Kier molecular flexibility index (Phi) is 5.31. The van der Waals surface area contributed by atoms with Gasteiger partial charge in [-0.05, 0) is 19.8 Å². The average molecular weight is 318 g/mol. The summed E-state index contributed by atoms with van der Waals surface area (Å²) in [4.78, 5) is 25.3. The highest BCUT2D eigenvalue weighted by Crippen LogP contribution is 2.26. The van der Waals surface area contributed by atoms with E-state index in [1.54, 1.807) is 6.33 Å². The Labute approximate surface area is 137 Å². The number of ether oxygens (including phenoxy) is 1. The van der Waals surface area contributed by atoms with Crippen LogP contribution in [0.15, 0.2) is 12.4 Å². The van der Waals surface area contributed by atoms with Crippen LogP contribution in [-0.2, 0) is 4.79 Å². The van der Waals surface area contributed by atoms with Crippen LogP contribution in [0.5, 0.6) is 5.88 Å². The number of piperazine rings is 1. The molecule has 0 aromatic carbocycles. The zero-order valence-corrected chi connectivity index (χ0v) is 13.9. The molecule has 126 valence electrons. The van der Waals surface area contributed by atoms with Crippen LogP contribution in [0.4, 0.5) is 5.82 Å². The molecule has 2 aliphatic rings. The molecule has 1 aliphatic heterocycles. The molecule has 6 heteroatoms. The maximum atomic E-state index is 12.6. The van der Waals surface area contributed by atoms with Crippen LogP contribution in [-0.4, -0.2) is 53.6 Å². The lowest BCUT2D eigenvalue weighted by Crippen LogP contribution is -2.50. The first-order valence-corrected chi connectivity index (χ1v) is 8.76. The molecule has 0 bridgehead atoms. The Morgan fingerprint density at radius 3 is 2.61 bits per heavy atom. The summed E-state index contributed by atoms with van der Waals surface area (Å²) >= 11 is 0. The minimum Gasteiger partial charge on any atom is -0.478 e. The molecule has 0 atom stereocenters. The molecule has 0 spiro atoms. The Morgan fingerprint density at radius 2 is 1.91 bits per heavy atom. The minimum absolute atomic E-state index is 0.263. The molecular formula is C17H26N4O2. The SMILES string of the molecule is CCOc1cc(N2CCN(C(=O)C3CCCCC3)CC2)ncn1. The van der Waals surface area contributed by atoms with E-state index in [1.807, 2.05) is 17.9 Å². The lowest BCUT2D eigenvalue weighted by molar-refractivity contribution is -0.136. The van der Waals surface area contributed by atoms with Crippen molar-refractivity contribution in [2.45, 2.75) is 39.0 Å². The summed E-state index contributed by atoms with van der Waals surface area (Å²) in [6, 6.07) is 1.88. The van der Waals surface area contributed by atoms with Crippen molar-refractivity contribution in [2.24, 2.45) is 5.92 Å². The number of amides is 1. The van der Waals surface area contributed by atoms with Crippen LogP contribution in [0.2, 0.25) is 0 Å². The first-order valence-electron chi connectivity index (χ1n) is 8.76. The van der Waals surface area contributed by atoms with Crippen molar-refractivity contribution in [3.05, 3.63) is 12.4 Å². The van der Waals surface area contributed by atoms with E-state index in [1.165, 1.54) is 19.3 Å². The van der Waals surface area contributed by atoms with Gasteiger partial charge in [-0.1, -0.05) is 19.3 Å². The van der Waals surface area contributed by atoms with E-state index in [4.69, 9.17) is 4.74 Å². The third-order valence-electron chi connectivity index (χ3n) is 4.79. The van der Waals surface area contributed by atoms with Crippen molar-refractivity contribution in [3.8, 4) is 5.88 Å². The predicted octanol–water partition coefficient (Wildman–Crippen LogP) is 2.10. The molecule has 3 rings (SSSR count). The van der Waals surface area contributed by atoms with Crippen LogP contribution in [0, 0.1) is 5.92 Å². The third-order valence-corrected chi connectivity index (χ3v) is 4.79. The lowest BCUT2D eigenvalue weighted by atomic mass is 9.88. The molecule has 6 nitrogen and oxygen atoms in total. The van der Waals surface area contributed by atoms with Gasteiger partial charge in [-0.25, -0.2) is 9.97 Å². The largest absolute Gasteiger partial charge is 0.478 e. The molecule has 1 aliphatic carbocycles. The zero-order valence-electron chi connectivity index (χ0n) is 13.9. The Balaban J connectivity index is 1.55. The van der Waals surface area contributed by atoms with E-state index >= 15 is 0 Å². The van der Waals surface area contributed by atoms with Crippen LogP contribution < -0.4 is 9.64 Å². The van der Waals surface area contributed by atoms with Crippen LogP contribution in [0.3, 0.4) is 0 Å². The molecule has 1 amide bonds. The van der Waals surface area contributed by atoms with E-state index in [2.05, 4.69) is 14.9 Å². The molecule has 0 N–H and O–H groups in total. The second-order valence-corrected chi connectivity index (χ2v) is 6.29. The van der Waals surface area contributed by atoms with Gasteiger partial charge >= 0.3 is 0 Å². The fraction of sp³-hybridized carbons (Fsp3) is 0.706. The Hall–Kier alpha value is -1.85. The monoisotopic (exact) mass is 318 g/mol. The topological polar surface area (TPSA) is 58.6 Å². The van der Waals surface area contributed by atoms with Crippen molar-refractivity contribution in [2.75, 3.05) is 37.7 Å². The van der Waals surface area contributed by atoms with Gasteiger partial charge in [0.05, 0.1) is 6.61 Å². The predicted molar refractivity (Wildman–Crippen MR) is 88.6 cm³/mol. The van der Waals surface area contributed by atoms with Crippen molar-refractivity contribution in [1.29, 1.82) is 0 Å². The Morgan fingerprint density at radius 1 is 1.17 bits per heavy atom. The molecule has 23 heavy (non-hydrogen) atoms. The summed E-state index contributed by atoms with van der Waals surface area (Å²) < 4.78 is 5.43. The maximum absolute atomic E-state index is 12.6. The van der Waals surface area contributed by atoms with E-state index in [9.17, 15) is 4.79 Å². The zero-order chi connectivity index (χ0) is 16.1. The number of carbonyl (C=O) groups excluding carboxylic acids is 1. The summed E-state index contributed by atoms with van der Waals surface area (Å²) in [6.07, 6.45) is 7.38. The number of nitrogens with zero attached hydrogens (tertiary/aromatic N) is 4. The molecule has 0 radical (unpaired) electrons. The quantitative estimate of drug-likeness (QED) is 0.851. The van der Waals surface area contributed by atoms with Gasteiger partial charge in [-0.3, -0.25) is 4.79 Å². The molecule has 1 saturated heterocycles. The fourth-order valence-electron chi connectivity index (χ4n) is 3.49. The van der Waals surface area contributed by atoms with Crippen LogP contribution in [0.25, 0.3) is 0 Å². The van der Waals surface area contributed by atoms with E-state index in [-0.39, 0.29) is 5.92 Å². The highest BCUT2D eigenvalue weighted by atomic mass is 16.5. The number of aromatic nitrogens is 2. The van der Waals surface area contributed by atoms with Crippen molar-refractivity contribution >= 4 is 11.7 Å². The normalized spacial score (nSPS) is 19.7. The molecule has 1 saturated carbocycles. The fourth-order valence-corrected chi connectivity index (χ4v) is 3.49. The van der Waals surface area contributed by atoms with E-state index in [0.29, 0.717) is 18.4 Å². The van der Waals surface area contributed by atoms with Gasteiger partial charge in [0.2, 0.25) is 11.8 Å². The summed E-state index contributed by atoms with van der Waals surface area (Å²) in [6.45, 7) is 5.74. The second-order valence-electron chi connectivity index (χ2n) is 6.29. The van der Waals surface area contributed by atoms with Crippen LogP contribution >= 0.6 is 0 Å². The standard InChI is InChI=1S/C17H26N4O2/c1-2-23-16-12-15(18-13-19-16)20-8-10-21(11-9-20)17(22)14-6-4-3-5-7-14/h12-14H,2-11H2,1H3.